The van der Waals surface area contributed by atoms with E-state index in [0.29, 0.717) is 291 Å². The van der Waals surface area contributed by atoms with Crippen molar-refractivity contribution >= 4 is 5.97 Å². The molecule has 25 nitrogen and oxygen atoms in total. The predicted molar refractivity (Wildman–Crippen MR) is 266 cm³/mol. The van der Waals surface area contributed by atoms with Crippen LogP contribution in [0.2, 0.25) is 0 Å². The maximum Gasteiger partial charge on any atom is 0.330 e. The molecule has 0 saturated carbocycles. The molecule has 0 bridgehead atoms. The molecule has 0 amide bonds. The third-order valence-electron chi connectivity index (χ3n) is 8.69. The summed E-state index contributed by atoms with van der Waals surface area (Å²) >= 11 is 0. The lowest BCUT2D eigenvalue weighted by molar-refractivity contribution is -0.139. The van der Waals surface area contributed by atoms with Gasteiger partial charge in [-0.25, -0.2) is 4.79 Å². The van der Waals surface area contributed by atoms with E-state index in [1.54, 1.807) is 0 Å². The van der Waals surface area contributed by atoms with Crippen LogP contribution < -0.4 is 0 Å². The first-order valence-electron chi connectivity index (χ1n) is 25.9. The lowest BCUT2D eigenvalue weighted by atomic mass is 10.6. The second-order valence-corrected chi connectivity index (χ2v) is 14.6. The molecule has 0 aromatic heterocycles. The van der Waals surface area contributed by atoms with Gasteiger partial charge in [0.15, 0.2) is 0 Å². The monoisotopic (exact) mass is 1080 g/mol. The Morgan fingerprint density at radius 3 is 0.432 bits per heavy atom. The third kappa shape index (κ3) is 68.3. The standard InChI is InChI=1S/C49H96O25/c1-2-49(51)74-48-47-73-46-45-72-44-43-71-42-41-70-40-39-69-38-37-68-36-35-67-34-33-66-32-31-65-30-29-64-28-27-63-26-25-62-24-23-61-22-21-60-20-19-59-18-17-58-16-15-57-14-13-56-12-11-55-10-9-54-8-7-53-6-5-52-4-3-50/h2,50H,1,3-48H2. The van der Waals surface area contributed by atoms with E-state index in [-0.39, 0.29) is 13.2 Å². The third-order valence-corrected chi connectivity index (χ3v) is 8.69. The SMILES string of the molecule is C=CC(=O)OCCOCCOCCOCCOCCOCCOCCOCCOCCOCCOCCOCCOCCOCCOCCOCCOCCOCCOCCOCCOCCOCCOCCO. The number of carbonyl (C=O) groups is 1. The molecule has 25 heteroatoms. The highest BCUT2D eigenvalue weighted by molar-refractivity contribution is 5.81. The fourth-order valence-electron chi connectivity index (χ4n) is 5.04. The minimum Gasteiger partial charge on any atom is -0.460 e. The van der Waals surface area contributed by atoms with Crippen molar-refractivity contribution in [3.8, 4) is 0 Å². The molecule has 0 aromatic rings. The zero-order chi connectivity index (χ0) is 53.1. The molecule has 0 fully saturated rings. The van der Waals surface area contributed by atoms with Crippen molar-refractivity contribution in [2.24, 2.45) is 0 Å². The molecular formula is C49H96O25. The Hall–Kier alpha value is -1.71. The van der Waals surface area contributed by atoms with Gasteiger partial charge in [-0.2, -0.15) is 0 Å². The number of aliphatic hydroxyl groups is 1. The number of hydrogen-bond acceptors (Lipinski definition) is 25. The maximum atomic E-state index is 10.9. The Morgan fingerprint density at radius 1 is 0.216 bits per heavy atom. The van der Waals surface area contributed by atoms with E-state index >= 15 is 0 Å². The van der Waals surface area contributed by atoms with E-state index < -0.39 is 5.97 Å². The van der Waals surface area contributed by atoms with Crippen molar-refractivity contribution in [1.29, 1.82) is 0 Å². The van der Waals surface area contributed by atoms with Crippen LogP contribution in [0.5, 0.6) is 0 Å². The van der Waals surface area contributed by atoms with E-state index in [9.17, 15) is 4.79 Å². The Labute approximate surface area is 440 Å². The van der Waals surface area contributed by atoms with Crippen LogP contribution in [-0.4, -0.2) is 315 Å². The van der Waals surface area contributed by atoms with Crippen molar-refractivity contribution < 1.29 is 119 Å². The van der Waals surface area contributed by atoms with E-state index in [0.717, 1.165) is 6.08 Å². The van der Waals surface area contributed by atoms with Gasteiger partial charge in [-0.15, -0.1) is 0 Å². The highest BCUT2D eigenvalue weighted by Crippen LogP contribution is 1.91. The van der Waals surface area contributed by atoms with Gasteiger partial charge in [0, 0.05) is 6.08 Å². The van der Waals surface area contributed by atoms with Gasteiger partial charge in [0.2, 0.25) is 0 Å². The van der Waals surface area contributed by atoms with Gasteiger partial charge in [-0.05, 0) is 0 Å². The largest absolute Gasteiger partial charge is 0.460 e. The minimum absolute atomic E-state index is 0.0174. The molecule has 0 aromatic carbocycles. The number of rotatable bonds is 69. The number of carbonyl (C=O) groups excluding carboxylic acids is 1. The Morgan fingerprint density at radius 2 is 0.324 bits per heavy atom. The zero-order valence-corrected chi connectivity index (χ0v) is 44.6. The molecule has 74 heavy (non-hydrogen) atoms. The summed E-state index contributed by atoms with van der Waals surface area (Å²) in [4.78, 5) is 10.9. The summed E-state index contributed by atoms with van der Waals surface area (Å²) in [5.41, 5.74) is 0. The molecule has 0 aliphatic heterocycles. The van der Waals surface area contributed by atoms with Gasteiger partial charge in [-0.3, -0.25) is 0 Å². The molecule has 0 unspecified atom stereocenters. The van der Waals surface area contributed by atoms with Crippen molar-refractivity contribution in [3.63, 3.8) is 0 Å². The average molecular weight is 1090 g/mol. The van der Waals surface area contributed by atoms with Crippen LogP contribution in [0.1, 0.15) is 0 Å². The quantitative estimate of drug-likeness (QED) is 0.0481. The first-order chi connectivity index (χ1) is 36.8. The van der Waals surface area contributed by atoms with Crippen molar-refractivity contribution in [2.45, 2.75) is 0 Å². The Bertz CT molecular complexity index is 1040. The van der Waals surface area contributed by atoms with Crippen LogP contribution >= 0.6 is 0 Å². The number of hydrogen-bond donors (Lipinski definition) is 1. The van der Waals surface area contributed by atoms with E-state index in [4.69, 9.17) is 114 Å². The summed E-state index contributed by atoms with van der Waals surface area (Å²) in [5, 5.41) is 8.61. The topological polar surface area (TPSA) is 250 Å². The summed E-state index contributed by atoms with van der Waals surface area (Å²) in [6.07, 6.45) is 1.11. The van der Waals surface area contributed by atoms with Crippen molar-refractivity contribution in [3.05, 3.63) is 12.7 Å². The van der Waals surface area contributed by atoms with Crippen LogP contribution in [0, 0.1) is 0 Å². The van der Waals surface area contributed by atoms with Crippen molar-refractivity contribution in [1.82, 2.24) is 0 Å². The lowest BCUT2D eigenvalue weighted by Crippen LogP contribution is -2.16. The zero-order valence-electron chi connectivity index (χ0n) is 44.6. The summed E-state index contributed by atoms with van der Waals surface area (Å²) in [7, 11) is 0. The summed E-state index contributed by atoms with van der Waals surface area (Å²) < 4.78 is 125. The number of aliphatic hydroxyl groups excluding tert-OH is 1. The molecule has 0 atom stereocenters. The molecule has 0 rings (SSSR count). The highest BCUT2D eigenvalue weighted by Gasteiger charge is 2.00. The van der Waals surface area contributed by atoms with Gasteiger partial charge in [0.05, 0.1) is 297 Å². The second kappa shape index (κ2) is 69.3. The highest BCUT2D eigenvalue weighted by atomic mass is 16.6. The smallest absolute Gasteiger partial charge is 0.330 e. The first kappa shape index (κ1) is 72.3. The summed E-state index contributed by atoms with van der Waals surface area (Å²) in [6.45, 7) is 24.3. The van der Waals surface area contributed by atoms with Crippen LogP contribution in [-0.2, 0) is 114 Å². The van der Waals surface area contributed by atoms with Gasteiger partial charge < -0.3 is 114 Å². The van der Waals surface area contributed by atoms with Crippen molar-refractivity contribution in [2.75, 3.05) is 304 Å². The fourth-order valence-corrected chi connectivity index (χ4v) is 5.04. The minimum atomic E-state index is -0.465. The first-order valence-corrected chi connectivity index (χ1v) is 25.9. The molecule has 0 radical (unpaired) electrons. The van der Waals surface area contributed by atoms with Crippen LogP contribution in [0.15, 0.2) is 12.7 Å². The van der Waals surface area contributed by atoms with Gasteiger partial charge >= 0.3 is 5.97 Å². The fraction of sp³-hybridized carbons (Fsp3) is 0.939. The molecule has 0 aliphatic carbocycles. The molecule has 0 saturated heterocycles. The summed E-state index contributed by atoms with van der Waals surface area (Å²) in [6, 6.07) is 0. The van der Waals surface area contributed by atoms with Gasteiger partial charge in [0.25, 0.3) is 0 Å². The van der Waals surface area contributed by atoms with Crippen LogP contribution in [0.3, 0.4) is 0 Å². The van der Waals surface area contributed by atoms with Crippen LogP contribution in [0.4, 0.5) is 0 Å². The summed E-state index contributed by atoms with van der Waals surface area (Å²) in [5.74, 6) is -0.465. The Kier molecular flexibility index (Phi) is 67.7. The molecule has 1 N–H and O–H groups in total. The molecule has 0 aliphatic rings. The number of ether oxygens (including phenoxy) is 23. The van der Waals surface area contributed by atoms with Gasteiger partial charge in [-0.1, -0.05) is 6.58 Å². The molecule has 0 heterocycles. The number of esters is 1. The maximum absolute atomic E-state index is 10.9. The van der Waals surface area contributed by atoms with E-state index in [1.807, 2.05) is 0 Å². The Balaban J connectivity index is 3.08. The predicted octanol–water partition coefficient (Wildman–Crippen LogP) is 0.0731. The average Bonchev–Trinajstić information content (AvgIpc) is 3.41. The second-order valence-electron chi connectivity index (χ2n) is 14.6. The lowest BCUT2D eigenvalue weighted by Gasteiger charge is -2.09. The molecular weight excluding hydrogens is 989 g/mol. The van der Waals surface area contributed by atoms with E-state index in [1.165, 1.54) is 0 Å². The van der Waals surface area contributed by atoms with E-state index in [2.05, 4.69) is 6.58 Å². The molecule has 442 valence electrons. The normalized spacial score (nSPS) is 11.6. The van der Waals surface area contributed by atoms with Crippen LogP contribution in [0.25, 0.3) is 0 Å². The van der Waals surface area contributed by atoms with Gasteiger partial charge in [0.1, 0.15) is 6.61 Å². The molecule has 0 spiro atoms.